The average molecular weight is 592 g/mol. The molecule has 0 aliphatic heterocycles. The van der Waals surface area contributed by atoms with E-state index in [1.165, 1.54) is 47.1 Å². The quantitative estimate of drug-likeness (QED) is 0.230. The number of nitrogens with zero attached hydrogens (tertiary/aromatic N) is 3. The fourth-order valence-corrected chi connectivity index (χ4v) is 5.19. The maximum atomic E-state index is 14.4. The number of pyridine rings is 1. The molecule has 4 aromatic rings. The number of aromatic nitrogens is 2. The molecule has 0 saturated heterocycles. The smallest absolute Gasteiger partial charge is 0.253 e. The Morgan fingerprint density at radius 2 is 1.86 bits per heavy atom. The van der Waals surface area contributed by atoms with Gasteiger partial charge in [-0.3, -0.25) is 9.00 Å². The lowest BCUT2D eigenvalue weighted by molar-refractivity contribution is 0.100. The number of primary amides is 1. The molecule has 0 radical (unpaired) electrons. The number of amides is 1. The summed E-state index contributed by atoms with van der Waals surface area (Å²) in [6.45, 7) is -0.159. The molecule has 7 nitrogen and oxygen atoms in total. The number of carbonyl (C=O) groups is 1. The molecule has 1 aliphatic rings. The van der Waals surface area contributed by atoms with Crippen molar-refractivity contribution in [2.45, 2.75) is 25.2 Å². The largest absolute Gasteiger partial charge is 0.755 e. The van der Waals surface area contributed by atoms with Crippen molar-refractivity contribution in [2.24, 2.45) is 5.73 Å². The Hall–Kier alpha value is -3.22. The lowest BCUT2D eigenvalue weighted by atomic mass is 10.0. The molecular weight excluding hydrogens is 573 g/mol. The second-order valence-corrected chi connectivity index (χ2v) is 10.4. The van der Waals surface area contributed by atoms with Gasteiger partial charge in [-0.2, -0.15) is 5.10 Å². The Morgan fingerprint density at radius 1 is 1.16 bits per heavy atom. The predicted molar refractivity (Wildman–Crippen MR) is 135 cm³/mol. The number of benzene rings is 2. The van der Waals surface area contributed by atoms with Crippen LogP contribution in [0.4, 0.5) is 18.9 Å². The molecule has 192 valence electrons. The van der Waals surface area contributed by atoms with Crippen LogP contribution < -0.4 is 10.0 Å². The van der Waals surface area contributed by atoms with E-state index in [1.807, 2.05) is 0 Å². The van der Waals surface area contributed by atoms with E-state index in [4.69, 9.17) is 5.73 Å². The third-order valence-electron chi connectivity index (χ3n) is 6.31. The number of halogens is 4. The first kappa shape index (κ1) is 25.4. The summed E-state index contributed by atoms with van der Waals surface area (Å²) >= 11 is 0.180. The van der Waals surface area contributed by atoms with E-state index in [0.29, 0.717) is 22.3 Å². The first-order chi connectivity index (χ1) is 17.7. The Kier molecular flexibility index (Phi) is 6.82. The number of fused-ring (bicyclic) bond motifs is 1. The average Bonchev–Trinajstić information content (AvgIpc) is 3.63. The van der Waals surface area contributed by atoms with Gasteiger partial charge in [-0.05, 0) is 88.6 Å². The summed E-state index contributed by atoms with van der Waals surface area (Å²) in [5.41, 5.74) is 7.90. The Bertz CT molecular complexity index is 1560. The van der Waals surface area contributed by atoms with Crippen LogP contribution in [0.2, 0.25) is 0 Å². The standard InChI is InChI=1S/C25H20BrF3N4O3S/c26-18-8-5-14(22(28)23(18)29)9-10-33(37(35)36)20-12-32-19(11-17(20)13-1-2-13)21(25(30)34)24(31-32)15-3-6-16(27)7-4-15/h3-8,11-13H,1-2,9-10H2,(H2,30,34)(H,35,36)/p-1. The van der Waals surface area contributed by atoms with Crippen LogP contribution in [-0.4, -0.2) is 30.8 Å². The Labute approximate surface area is 220 Å². The molecule has 1 atom stereocenters. The van der Waals surface area contributed by atoms with Gasteiger partial charge in [-0.25, -0.2) is 17.7 Å². The van der Waals surface area contributed by atoms with Crippen LogP contribution in [0.1, 0.15) is 40.2 Å². The molecular formula is C25H19BrF3N4O3S-. The second kappa shape index (κ2) is 9.92. The van der Waals surface area contributed by atoms with E-state index in [1.54, 1.807) is 6.07 Å². The summed E-state index contributed by atoms with van der Waals surface area (Å²) in [5.74, 6) is -3.23. The van der Waals surface area contributed by atoms with Gasteiger partial charge in [-0.15, -0.1) is 0 Å². The summed E-state index contributed by atoms with van der Waals surface area (Å²) in [7, 11) is 0. The normalized spacial score (nSPS) is 14.2. The van der Waals surface area contributed by atoms with Gasteiger partial charge >= 0.3 is 0 Å². The summed E-state index contributed by atoms with van der Waals surface area (Å²) in [4.78, 5) is 12.4. The number of nitrogens with two attached hydrogens (primary N) is 1. The van der Waals surface area contributed by atoms with Gasteiger partial charge < -0.3 is 14.6 Å². The van der Waals surface area contributed by atoms with Crippen LogP contribution >= 0.6 is 15.9 Å². The van der Waals surface area contributed by atoms with E-state index >= 15 is 0 Å². The first-order valence-electron chi connectivity index (χ1n) is 11.3. The Morgan fingerprint density at radius 3 is 2.49 bits per heavy atom. The maximum absolute atomic E-state index is 14.4. The molecule has 5 rings (SSSR count). The number of hydrogen-bond donors (Lipinski definition) is 1. The van der Waals surface area contributed by atoms with Crippen LogP contribution in [0.5, 0.6) is 0 Å². The van der Waals surface area contributed by atoms with Crippen molar-refractivity contribution in [3.8, 4) is 11.3 Å². The van der Waals surface area contributed by atoms with Crippen molar-refractivity contribution in [3.63, 3.8) is 0 Å². The molecule has 2 aromatic carbocycles. The van der Waals surface area contributed by atoms with Crippen molar-refractivity contribution in [1.82, 2.24) is 9.61 Å². The lowest BCUT2D eigenvalue weighted by Crippen LogP contribution is -2.29. The minimum Gasteiger partial charge on any atom is -0.755 e. The molecule has 2 aromatic heterocycles. The minimum absolute atomic E-state index is 0.0268. The van der Waals surface area contributed by atoms with Gasteiger partial charge in [0.1, 0.15) is 11.5 Å². The van der Waals surface area contributed by atoms with E-state index in [2.05, 4.69) is 21.0 Å². The second-order valence-electron chi connectivity index (χ2n) is 8.72. The van der Waals surface area contributed by atoms with Crippen molar-refractivity contribution in [1.29, 1.82) is 0 Å². The van der Waals surface area contributed by atoms with Gasteiger partial charge in [-0.1, -0.05) is 6.07 Å². The topological polar surface area (TPSA) is 104 Å². The van der Waals surface area contributed by atoms with Gasteiger partial charge in [0.15, 0.2) is 11.6 Å². The highest BCUT2D eigenvalue weighted by Crippen LogP contribution is 2.46. The summed E-state index contributed by atoms with van der Waals surface area (Å²) in [6, 6.07) is 9.84. The molecule has 37 heavy (non-hydrogen) atoms. The van der Waals surface area contributed by atoms with Crippen LogP contribution in [0.3, 0.4) is 0 Å². The van der Waals surface area contributed by atoms with Gasteiger partial charge in [0.2, 0.25) is 0 Å². The van der Waals surface area contributed by atoms with Crippen molar-refractivity contribution in [3.05, 3.63) is 87.3 Å². The van der Waals surface area contributed by atoms with Crippen molar-refractivity contribution < 1.29 is 26.7 Å². The molecule has 0 bridgehead atoms. The first-order valence-corrected chi connectivity index (χ1v) is 13.1. The highest BCUT2D eigenvalue weighted by molar-refractivity contribution is 9.10. The summed E-state index contributed by atoms with van der Waals surface area (Å²) in [6.07, 6.45) is 3.04. The van der Waals surface area contributed by atoms with E-state index < -0.39 is 34.6 Å². The molecule has 12 heteroatoms. The van der Waals surface area contributed by atoms with E-state index in [9.17, 15) is 26.7 Å². The fraction of sp³-hybridized carbons (Fsp3) is 0.200. The summed E-state index contributed by atoms with van der Waals surface area (Å²) in [5, 5.41) is 4.46. The molecule has 2 N–H and O–H groups in total. The Balaban J connectivity index is 1.60. The molecule has 1 aliphatic carbocycles. The summed E-state index contributed by atoms with van der Waals surface area (Å²) < 4.78 is 68.9. The van der Waals surface area contributed by atoms with Crippen molar-refractivity contribution in [2.75, 3.05) is 10.8 Å². The fourth-order valence-electron chi connectivity index (χ4n) is 4.33. The number of rotatable bonds is 8. The monoisotopic (exact) mass is 591 g/mol. The highest BCUT2D eigenvalue weighted by Gasteiger charge is 2.31. The predicted octanol–water partition coefficient (Wildman–Crippen LogP) is 5.00. The van der Waals surface area contributed by atoms with Gasteiger partial charge in [0, 0.05) is 23.4 Å². The van der Waals surface area contributed by atoms with Gasteiger partial charge in [0.25, 0.3) is 5.91 Å². The zero-order valence-corrected chi connectivity index (χ0v) is 21.5. The molecule has 2 heterocycles. The molecule has 0 spiro atoms. The van der Waals surface area contributed by atoms with Crippen LogP contribution in [0.15, 0.2) is 53.1 Å². The zero-order chi connectivity index (χ0) is 26.4. The lowest BCUT2D eigenvalue weighted by Gasteiger charge is -2.28. The van der Waals surface area contributed by atoms with E-state index in [0.717, 1.165) is 17.1 Å². The molecule has 1 unspecified atom stereocenters. The van der Waals surface area contributed by atoms with Crippen molar-refractivity contribution >= 4 is 44.3 Å². The van der Waals surface area contributed by atoms with Crippen LogP contribution in [0, 0.1) is 17.5 Å². The number of carbonyl (C=O) groups excluding carboxylic acids is 1. The third-order valence-corrected chi connectivity index (χ3v) is 7.66. The van der Waals surface area contributed by atoms with E-state index in [-0.39, 0.29) is 40.2 Å². The molecule has 1 amide bonds. The maximum Gasteiger partial charge on any atom is 0.253 e. The molecule has 1 fully saturated rings. The minimum atomic E-state index is -2.75. The highest BCUT2D eigenvalue weighted by atomic mass is 79.9. The van der Waals surface area contributed by atoms with Gasteiger partial charge in [0.05, 0.1) is 27.4 Å². The SMILES string of the molecule is NC(=O)c1c(-c2ccc(F)cc2)nn2cc(N(CCc3ccc(Br)c(F)c3F)S(=O)[O-])c(C3CC3)cc12. The molecule has 1 saturated carbocycles. The third kappa shape index (κ3) is 4.88. The zero-order valence-electron chi connectivity index (χ0n) is 19.1. The van der Waals surface area contributed by atoms with Crippen LogP contribution in [0.25, 0.3) is 16.8 Å². The number of hydrogen-bond acceptors (Lipinski definition) is 4. The van der Waals surface area contributed by atoms with Crippen LogP contribution in [-0.2, 0) is 17.7 Å². The number of anilines is 1.